The lowest BCUT2D eigenvalue weighted by atomic mass is 10.2. The third kappa shape index (κ3) is 1.62. The van der Waals surface area contributed by atoms with Gasteiger partial charge in [0.15, 0.2) is 0 Å². The van der Waals surface area contributed by atoms with Gasteiger partial charge in [0.2, 0.25) is 6.40 Å². The molecule has 0 fully saturated rings. The van der Waals surface area contributed by atoms with Gasteiger partial charge in [0.1, 0.15) is 5.75 Å². The van der Waals surface area contributed by atoms with E-state index >= 15 is 0 Å². The number of nitrogens with one attached hydrogen (secondary N) is 4. The smallest absolute Gasteiger partial charge is 0.203 e. The molecule has 4 N–H and O–H groups in total. The molecule has 1 aliphatic heterocycles. The quantitative estimate of drug-likeness (QED) is 0.251. The SMILES string of the molecule is N=NN=COc1ccc2c(c1)NNN2. The molecule has 14 heavy (non-hydrogen) atoms. The van der Waals surface area contributed by atoms with Crippen molar-refractivity contribution in [1.29, 1.82) is 5.53 Å². The summed E-state index contributed by atoms with van der Waals surface area (Å²) in [6, 6.07) is 5.41. The Morgan fingerprint density at radius 3 is 3.00 bits per heavy atom. The van der Waals surface area contributed by atoms with Gasteiger partial charge in [0.05, 0.1) is 11.4 Å². The van der Waals surface area contributed by atoms with Crippen molar-refractivity contribution < 1.29 is 4.74 Å². The Kier molecular flexibility index (Phi) is 2.24. The molecule has 1 aliphatic rings. The Bertz CT molecular complexity index is 376. The first-order valence-electron chi connectivity index (χ1n) is 3.86. The van der Waals surface area contributed by atoms with Gasteiger partial charge in [-0.05, 0) is 17.4 Å². The van der Waals surface area contributed by atoms with Gasteiger partial charge in [-0.25, -0.2) is 0 Å². The molecule has 0 saturated heterocycles. The molecule has 7 heteroatoms. The summed E-state index contributed by atoms with van der Waals surface area (Å²) in [7, 11) is 0. The Hall–Kier alpha value is -2.15. The van der Waals surface area contributed by atoms with Crippen molar-refractivity contribution in [1.82, 2.24) is 5.53 Å². The van der Waals surface area contributed by atoms with Crippen molar-refractivity contribution in [2.24, 2.45) is 10.3 Å². The number of nitrogens with zero attached hydrogens (tertiary/aromatic N) is 2. The third-order valence-corrected chi connectivity index (χ3v) is 1.68. The number of ether oxygens (including phenoxy) is 1. The van der Waals surface area contributed by atoms with E-state index in [2.05, 4.69) is 26.7 Å². The highest BCUT2D eigenvalue weighted by molar-refractivity contribution is 5.73. The Morgan fingerprint density at radius 1 is 1.29 bits per heavy atom. The lowest BCUT2D eigenvalue weighted by Crippen LogP contribution is -2.19. The van der Waals surface area contributed by atoms with Crippen LogP contribution in [0.15, 0.2) is 28.5 Å². The van der Waals surface area contributed by atoms with Crippen LogP contribution in [0.5, 0.6) is 5.75 Å². The summed E-state index contributed by atoms with van der Waals surface area (Å²) in [6.07, 6.45) is 1.10. The predicted molar refractivity (Wildman–Crippen MR) is 51.1 cm³/mol. The summed E-state index contributed by atoms with van der Waals surface area (Å²) < 4.78 is 5.07. The first-order valence-corrected chi connectivity index (χ1v) is 3.86. The minimum absolute atomic E-state index is 0.620. The summed E-state index contributed by atoms with van der Waals surface area (Å²) in [4.78, 5) is 0. The van der Waals surface area contributed by atoms with Crippen molar-refractivity contribution >= 4 is 17.8 Å². The normalized spacial score (nSPS) is 13.1. The molecule has 0 spiro atoms. The van der Waals surface area contributed by atoms with Crippen LogP contribution in [0.3, 0.4) is 0 Å². The van der Waals surface area contributed by atoms with Crippen LogP contribution in [0.4, 0.5) is 11.4 Å². The lowest BCUT2D eigenvalue weighted by Gasteiger charge is -2.00. The Balaban J connectivity index is 2.12. The molecule has 7 nitrogen and oxygen atoms in total. The largest absolute Gasteiger partial charge is 0.444 e. The molecule has 1 aromatic carbocycles. The van der Waals surface area contributed by atoms with Gasteiger partial charge < -0.3 is 15.6 Å². The van der Waals surface area contributed by atoms with Crippen LogP contribution in [0.25, 0.3) is 0 Å². The van der Waals surface area contributed by atoms with E-state index in [4.69, 9.17) is 10.3 Å². The molecule has 0 radical (unpaired) electrons. The zero-order chi connectivity index (χ0) is 9.80. The van der Waals surface area contributed by atoms with E-state index < -0.39 is 0 Å². The molecule has 0 unspecified atom stereocenters. The van der Waals surface area contributed by atoms with E-state index in [-0.39, 0.29) is 0 Å². The highest BCUT2D eigenvalue weighted by atomic mass is 16.5. The maximum atomic E-state index is 6.41. The second-order valence-corrected chi connectivity index (χ2v) is 2.52. The minimum atomic E-state index is 0.620. The molecular formula is C7H8N6O. The van der Waals surface area contributed by atoms with Gasteiger partial charge in [-0.2, -0.15) is 5.53 Å². The summed E-state index contributed by atoms with van der Waals surface area (Å²) in [5, 5.41) is 6.03. The van der Waals surface area contributed by atoms with Crippen LogP contribution in [-0.2, 0) is 0 Å². The first kappa shape index (κ1) is 8.45. The summed E-state index contributed by atoms with van der Waals surface area (Å²) in [6.45, 7) is 0. The fraction of sp³-hybridized carbons (Fsp3) is 0. The lowest BCUT2D eigenvalue weighted by molar-refractivity contribution is 0.570. The molecule has 72 valence electrons. The molecule has 1 aromatic rings. The highest BCUT2D eigenvalue weighted by Gasteiger charge is 2.08. The molecule has 1 heterocycles. The predicted octanol–water partition coefficient (Wildman–Crippen LogP) is 1.30. The first-order chi connectivity index (χ1) is 6.90. The van der Waals surface area contributed by atoms with E-state index in [0.717, 1.165) is 17.8 Å². The summed E-state index contributed by atoms with van der Waals surface area (Å²) >= 11 is 0. The standard InChI is InChI=1S/C7H8N6O/c8-12-9-4-14-5-1-2-6-7(3-5)11-13-10-6/h1-4,8,10-11,13H. The number of fused-ring (bicyclic) bond motifs is 1. The Morgan fingerprint density at radius 2 is 2.14 bits per heavy atom. The number of hydrogen-bond acceptors (Lipinski definition) is 6. The topological polar surface area (TPSA) is 93.9 Å². The van der Waals surface area contributed by atoms with Crippen LogP contribution >= 0.6 is 0 Å². The second kappa shape index (κ2) is 3.71. The number of hydrazine groups is 2. The monoisotopic (exact) mass is 192 g/mol. The molecule has 0 aromatic heterocycles. The van der Waals surface area contributed by atoms with Crippen LogP contribution < -0.4 is 21.1 Å². The van der Waals surface area contributed by atoms with E-state index in [1.54, 1.807) is 12.1 Å². The van der Waals surface area contributed by atoms with Crippen LogP contribution in [-0.4, -0.2) is 6.40 Å². The fourth-order valence-corrected chi connectivity index (χ4v) is 1.08. The fourth-order valence-electron chi connectivity index (χ4n) is 1.08. The van der Waals surface area contributed by atoms with Crippen molar-refractivity contribution in [3.05, 3.63) is 18.2 Å². The van der Waals surface area contributed by atoms with Crippen molar-refractivity contribution in [3.63, 3.8) is 0 Å². The summed E-state index contributed by atoms with van der Waals surface area (Å²) in [5.74, 6) is 0.620. The Labute approximate surface area is 79.6 Å². The van der Waals surface area contributed by atoms with Gasteiger partial charge in [-0.3, -0.25) is 0 Å². The third-order valence-electron chi connectivity index (χ3n) is 1.68. The molecular weight excluding hydrogens is 184 g/mol. The van der Waals surface area contributed by atoms with Crippen molar-refractivity contribution in [2.75, 3.05) is 10.9 Å². The average Bonchev–Trinajstić information content (AvgIpc) is 2.65. The zero-order valence-corrected chi connectivity index (χ0v) is 7.11. The minimum Gasteiger partial charge on any atom is -0.444 e. The van der Waals surface area contributed by atoms with Gasteiger partial charge >= 0.3 is 0 Å². The molecule has 0 bridgehead atoms. The maximum Gasteiger partial charge on any atom is 0.203 e. The number of anilines is 2. The van der Waals surface area contributed by atoms with Gasteiger partial charge in [-0.15, -0.1) is 10.6 Å². The maximum absolute atomic E-state index is 6.41. The van der Waals surface area contributed by atoms with E-state index in [1.165, 1.54) is 0 Å². The zero-order valence-electron chi connectivity index (χ0n) is 7.11. The van der Waals surface area contributed by atoms with Gasteiger partial charge in [0, 0.05) is 6.07 Å². The van der Waals surface area contributed by atoms with Crippen molar-refractivity contribution in [3.8, 4) is 5.75 Å². The molecule has 0 atom stereocenters. The molecule has 0 aliphatic carbocycles. The highest BCUT2D eigenvalue weighted by Crippen LogP contribution is 2.28. The van der Waals surface area contributed by atoms with Crippen molar-refractivity contribution in [2.45, 2.75) is 0 Å². The molecule has 0 saturated carbocycles. The van der Waals surface area contributed by atoms with E-state index in [0.29, 0.717) is 5.75 Å². The van der Waals surface area contributed by atoms with Gasteiger partial charge in [-0.1, -0.05) is 0 Å². The number of benzene rings is 1. The average molecular weight is 192 g/mol. The van der Waals surface area contributed by atoms with E-state index in [1.807, 2.05) is 6.07 Å². The number of rotatable bonds is 3. The molecule has 2 rings (SSSR count). The summed E-state index contributed by atoms with van der Waals surface area (Å²) in [5.41, 5.74) is 16.8. The second-order valence-electron chi connectivity index (χ2n) is 2.52. The molecule has 0 amide bonds. The van der Waals surface area contributed by atoms with E-state index in [9.17, 15) is 0 Å². The van der Waals surface area contributed by atoms with Crippen LogP contribution in [0.2, 0.25) is 0 Å². The van der Waals surface area contributed by atoms with Gasteiger partial charge in [0.25, 0.3) is 0 Å². The van der Waals surface area contributed by atoms with Crippen LogP contribution in [0, 0.1) is 5.53 Å². The number of hydrogen-bond donors (Lipinski definition) is 4. The van der Waals surface area contributed by atoms with Crippen LogP contribution in [0.1, 0.15) is 0 Å².